The number of likely N-dealkylation sites (tertiary alicyclic amines) is 1. The average Bonchev–Trinajstić information content (AvgIpc) is 2.75. The number of ether oxygens (including phenoxy) is 1. The summed E-state index contributed by atoms with van der Waals surface area (Å²) in [6.07, 6.45) is 3.02. The van der Waals surface area contributed by atoms with Crippen LogP contribution in [-0.2, 0) is 11.3 Å². The van der Waals surface area contributed by atoms with Crippen LogP contribution in [0.15, 0.2) is 18.2 Å². The molecule has 2 bridgehead atoms. The van der Waals surface area contributed by atoms with Crippen molar-refractivity contribution in [3.8, 4) is 11.8 Å². The molecule has 1 aromatic rings. The third-order valence-corrected chi connectivity index (χ3v) is 3.82. The molecule has 2 saturated heterocycles. The van der Waals surface area contributed by atoms with Crippen LogP contribution in [0, 0.1) is 17.7 Å². The van der Waals surface area contributed by atoms with Crippen molar-refractivity contribution < 1.29 is 9.13 Å². The maximum Gasteiger partial charge on any atom is 0.124 e. The van der Waals surface area contributed by atoms with Gasteiger partial charge in [0.25, 0.3) is 0 Å². The Balaban J connectivity index is 1.72. The molecule has 4 heteroatoms. The summed E-state index contributed by atoms with van der Waals surface area (Å²) in [5, 5.41) is 0. The zero-order chi connectivity index (χ0) is 13.9. The fourth-order valence-electron chi connectivity index (χ4n) is 3.05. The molecular formula is C16H19FN2O. The van der Waals surface area contributed by atoms with Crippen LogP contribution in [0.1, 0.15) is 24.0 Å². The molecule has 0 radical (unpaired) electrons. The van der Waals surface area contributed by atoms with Crippen molar-refractivity contribution in [1.29, 1.82) is 0 Å². The lowest BCUT2D eigenvalue weighted by molar-refractivity contribution is -0.0410. The minimum absolute atomic E-state index is 0.236. The molecule has 2 unspecified atom stereocenters. The fourth-order valence-corrected chi connectivity index (χ4v) is 3.05. The number of morpholine rings is 1. The van der Waals surface area contributed by atoms with Crippen molar-refractivity contribution in [3.63, 3.8) is 0 Å². The molecule has 2 atom stereocenters. The second-order valence-electron chi connectivity index (χ2n) is 5.51. The van der Waals surface area contributed by atoms with Crippen molar-refractivity contribution in [3.05, 3.63) is 35.1 Å². The minimum Gasteiger partial charge on any atom is -0.372 e. The molecule has 2 aliphatic rings. The van der Waals surface area contributed by atoms with Crippen molar-refractivity contribution in [2.45, 2.75) is 31.6 Å². The molecule has 1 aromatic carbocycles. The lowest BCUT2D eigenvalue weighted by Gasteiger charge is -2.32. The van der Waals surface area contributed by atoms with Crippen molar-refractivity contribution in [2.75, 3.05) is 19.6 Å². The summed E-state index contributed by atoms with van der Waals surface area (Å²) in [5.41, 5.74) is 7.01. The van der Waals surface area contributed by atoms with E-state index < -0.39 is 0 Å². The van der Waals surface area contributed by atoms with E-state index in [1.54, 1.807) is 6.07 Å². The molecule has 2 heterocycles. The Hall–Kier alpha value is -1.41. The van der Waals surface area contributed by atoms with Gasteiger partial charge in [-0.3, -0.25) is 4.90 Å². The standard InChI is InChI=1S/C16H19FN2O/c17-14-7-12(2-1-5-18)6-13(8-14)9-19-10-15-3-4-16(11-19)20-15/h6-8,15-16H,3-5,9-11,18H2. The third-order valence-electron chi connectivity index (χ3n) is 3.82. The third kappa shape index (κ3) is 3.18. The number of halogens is 1. The summed E-state index contributed by atoms with van der Waals surface area (Å²) in [7, 11) is 0. The van der Waals surface area contributed by atoms with Gasteiger partial charge in [-0.05, 0) is 36.6 Å². The van der Waals surface area contributed by atoms with Gasteiger partial charge < -0.3 is 10.5 Å². The topological polar surface area (TPSA) is 38.5 Å². The Morgan fingerprint density at radius 1 is 1.25 bits per heavy atom. The molecule has 3 nitrogen and oxygen atoms in total. The van der Waals surface area contributed by atoms with Crippen molar-refractivity contribution in [2.24, 2.45) is 5.73 Å². The number of fused-ring (bicyclic) bond motifs is 2. The first-order valence-corrected chi connectivity index (χ1v) is 7.09. The van der Waals surface area contributed by atoms with Gasteiger partial charge >= 0.3 is 0 Å². The van der Waals surface area contributed by atoms with Gasteiger partial charge in [0.05, 0.1) is 18.8 Å². The highest BCUT2D eigenvalue weighted by Crippen LogP contribution is 2.27. The van der Waals surface area contributed by atoms with Gasteiger partial charge in [0.1, 0.15) is 5.82 Å². The number of hydrogen-bond acceptors (Lipinski definition) is 3. The Morgan fingerprint density at radius 3 is 2.70 bits per heavy atom. The summed E-state index contributed by atoms with van der Waals surface area (Å²) < 4.78 is 19.4. The first-order chi connectivity index (χ1) is 9.72. The maximum atomic E-state index is 13.6. The SMILES string of the molecule is NCC#Cc1cc(F)cc(CN2CC3CCC(C2)O3)c1. The molecule has 2 aliphatic heterocycles. The Bertz CT molecular complexity index is 537. The summed E-state index contributed by atoms with van der Waals surface area (Å²) in [6.45, 7) is 2.93. The first-order valence-electron chi connectivity index (χ1n) is 7.09. The average molecular weight is 274 g/mol. The van der Waals surface area contributed by atoms with Crippen molar-refractivity contribution >= 4 is 0 Å². The largest absolute Gasteiger partial charge is 0.372 e. The van der Waals surface area contributed by atoms with Gasteiger partial charge in [-0.25, -0.2) is 4.39 Å². The highest BCUT2D eigenvalue weighted by molar-refractivity contribution is 5.38. The second-order valence-corrected chi connectivity index (χ2v) is 5.51. The normalized spacial score (nSPS) is 25.3. The van der Waals surface area contributed by atoms with E-state index in [9.17, 15) is 4.39 Å². The number of benzene rings is 1. The van der Waals surface area contributed by atoms with E-state index in [4.69, 9.17) is 10.5 Å². The van der Waals surface area contributed by atoms with E-state index in [1.807, 2.05) is 6.07 Å². The van der Waals surface area contributed by atoms with Crippen molar-refractivity contribution in [1.82, 2.24) is 4.90 Å². The monoisotopic (exact) mass is 274 g/mol. The highest BCUT2D eigenvalue weighted by atomic mass is 19.1. The van der Waals surface area contributed by atoms with Gasteiger partial charge in [0.2, 0.25) is 0 Å². The van der Waals surface area contributed by atoms with Crippen LogP contribution < -0.4 is 5.73 Å². The van der Waals surface area contributed by atoms with Crippen LogP contribution in [-0.4, -0.2) is 36.7 Å². The van der Waals surface area contributed by atoms with Crippen LogP contribution in [0.5, 0.6) is 0 Å². The quantitative estimate of drug-likeness (QED) is 0.831. The molecule has 3 rings (SSSR count). The van der Waals surface area contributed by atoms with Gasteiger partial charge in [-0.15, -0.1) is 0 Å². The zero-order valence-corrected chi connectivity index (χ0v) is 11.4. The summed E-state index contributed by atoms with van der Waals surface area (Å²) >= 11 is 0. The van der Waals surface area contributed by atoms with E-state index in [1.165, 1.54) is 6.07 Å². The van der Waals surface area contributed by atoms with Crippen LogP contribution >= 0.6 is 0 Å². The van der Waals surface area contributed by atoms with Crippen LogP contribution in [0.25, 0.3) is 0 Å². The molecule has 0 aromatic heterocycles. The second kappa shape index (κ2) is 5.92. The molecule has 0 aliphatic carbocycles. The van der Waals surface area contributed by atoms with E-state index >= 15 is 0 Å². The van der Waals surface area contributed by atoms with E-state index in [2.05, 4.69) is 16.7 Å². The van der Waals surface area contributed by atoms with Gasteiger partial charge in [0, 0.05) is 25.2 Å². The zero-order valence-electron chi connectivity index (χ0n) is 11.4. The summed E-state index contributed by atoms with van der Waals surface area (Å²) in [6, 6.07) is 4.99. The first kappa shape index (κ1) is 13.6. The number of nitrogens with zero attached hydrogens (tertiary/aromatic N) is 1. The van der Waals surface area contributed by atoms with Gasteiger partial charge in [-0.2, -0.15) is 0 Å². The smallest absolute Gasteiger partial charge is 0.124 e. The van der Waals surface area contributed by atoms with E-state index in [-0.39, 0.29) is 5.82 Å². The number of rotatable bonds is 2. The maximum absolute atomic E-state index is 13.6. The molecular weight excluding hydrogens is 255 g/mol. The predicted octanol–water partition coefficient (Wildman–Crippen LogP) is 1.50. The molecule has 0 amide bonds. The van der Waals surface area contributed by atoms with Crippen LogP contribution in [0.2, 0.25) is 0 Å². The summed E-state index contributed by atoms with van der Waals surface area (Å²) in [5.74, 6) is 5.42. The Kier molecular flexibility index (Phi) is 4.02. The van der Waals surface area contributed by atoms with E-state index in [0.717, 1.165) is 38.0 Å². The molecule has 0 spiro atoms. The van der Waals surface area contributed by atoms with Crippen LogP contribution in [0.4, 0.5) is 4.39 Å². The number of nitrogens with two attached hydrogens (primary N) is 1. The Labute approximate surface area is 118 Å². The summed E-state index contributed by atoms with van der Waals surface area (Å²) in [4.78, 5) is 2.35. The molecule has 2 fully saturated rings. The Morgan fingerprint density at radius 2 is 2.00 bits per heavy atom. The van der Waals surface area contributed by atoms with Crippen LogP contribution in [0.3, 0.4) is 0 Å². The molecule has 0 saturated carbocycles. The lowest BCUT2D eigenvalue weighted by atomic mass is 10.1. The van der Waals surface area contributed by atoms with E-state index in [0.29, 0.717) is 24.3 Å². The van der Waals surface area contributed by atoms with Gasteiger partial charge in [-0.1, -0.05) is 11.8 Å². The number of hydrogen-bond donors (Lipinski definition) is 1. The minimum atomic E-state index is -0.236. The highest BCUT2D eigenvalue weighted by Gasteiger charge is 2.33. The fraction of sp³-hybridized carbons (Fsp3) is 0.500. The molecule has 20 heavy (non-hydrogen) atoms. The molecule has 106 valence electrons. The lowest BCUT2D eigenvalue weighted by Crippen LogP contribution is -2.41. The predicted molar refractivity (Wildman–Crippen MR) is 75.5 cm³/mol. The van der Waals surface area contributed by atoms with Gasteiger partial charge in [0.15, 0.2) is 0 Å². The molecule has 2 N–H and O–H groups in total.